The minimum Gasteiger partial charge on any atom is -0.480 e. The van der Waals surface area contributed by atoms with Crippen molar-refractivity contribution in [1.82, 2.24) is 19.7 Å². The third-order valence-corrected chi connectivity index (χ3v) is 6.41. The standard InChI is InChI=1S/C22H19F2N5O2S2/c1-3-10-29-20(13(2)31-17-9-8-14(23)11-15(17)24)27-28-22(29)32-12-19(30)26-21-25-16-6-4-5-7-18(16)33-21/h3-9,11,13H,1,10,12H2,2H3,(H,25,26,30). The van der Waals surface area contributed by atoms with Crippen LogP contribution in [-0.2, 0) is 11.3 Å². The molecule has 0 fully saturated rings. The number of halogens is 2. The van der Waals surface area contributed by atoms with Gasteiger partial charge >= 0.3 is 0 Å². The van der Waals surface area contributed by atoms with Crippen LogP contribution in [0, 0.1) is 11.6 Å². The first kappa shape index (κ1) is 22.9. The smallest absolute Gasteiger partial charge is 0.236 e. The van der Waals surface area contributed by atoms with E-state index in [9.17, 15) is 13.6 Å². The highest BCUT2D eigenvalue weighted by molar-refractivity contribution is 7.99. The monoisotopic (exact) mass is 487 g/mol. The number of anilines is 1. The molecule has 2 heterocycles. The Morgan fingerprint density at radius 1 is 1.30 bits per heavy atom. The topological polar surface area (TPSA) is 81.9 Å². The van der Waals surface area contributed by atoms with E-state index in [0.29, 0.717) is 22.7 Å². The van der Waals surface area contributed by atoms with E-state index >= 15 is 0 Å². The van der Waals surface area contributed by atoms with Crippen LogP contribution in [0.4, 0.5) is 13.9 Å². The highest BCUT2D eigenvalue weighted by atomic mass is 32.2. The van der Waals surface area contributed by atoms with Gasteiger partial charge in [-0.25, -0.2) is 13.8 Å². The summed E-state index contributed by atoms with van der Waals surface area (Å²) in [6.07, 6.45) is 0.979. The number of nitrogens with one attached hydrogen (secondary N) is 1. The van der Waals surface area contributed by atoms with Gasteiger partial charge < -0.3 is 10.1 Å². The Bertz CT molecular complexity index is 1270. The summed E-state index contributed by atoms with van der Waals surface area (Å²) in [6, 6.07) is 10.7. The largest absolute Gasteiger partial charge is 0.480 e. The van der Waals surface area contributed by atoms with E-state index in [1.807, 2.05) is 24.3 Å². The fraction of sp³-hybridized carbons (Fsp3) is 0.182. The van der Waals surface area contributed by atoms with Crippen LogP contribution in [0.5, 0.6) is 5.75 Å². The number of carbonyl (C=O) groups excluding carboxylic acids is 1. The first-order valence-corrected chi connectivity index (χ1v) is 11.7. The first-order valence-electron chi connectivity index (χ1n) is 9.88. The Balaban J connectivity index is 1.43. The number of nitrogens with zero attached hydrogens (tertiary/aromatic N) is 4. The average Bonchev–Trinajstić information content (AvgIpc) is 3.38. The second-order valence-corrected chi connectivity index (χ2v) is 8.87. The number of rotatable bonds is 9. The number of para-hydroxylation sites is 1. The van der Waals surface area contributed by atoms with Gasteiger partial charge in [-0.15, -0.1) is 16.8 Å². The predicted molar refractivity (Wildman–Crippen MR) is 125 cm³/mol. The number of hydrogen-bond acceptors (Lipinski definition) is 7. The summed E-state index contributed by atoms with van der Waals surface area (Å²) >= 11 is 2.60. The Hall–Kier alpha value is -3.31. The molecular weight excluding hydrogens is 468 g/mol. The zero-order valence-corrected chi connectivity index (χ0v) is 19.1. The molecule has 2 aromatic carbocycles. The van der Waals surface area contributed by atoms with Crippen molar-refractivity contribution in [2.24, 2.45) is 0 Å². The molecule has 0 aliphatic rings. The Morgan fingerprint density at radius 2 is 2.12 bits per heavy atom. The number of fused-ring (bicyclic) bond motifs is 1. The molecule has 0 saturated carbocycles. The molecule has 0 spiro atoms. The molecule has 0 bridgehead atoms. The van der Waals surface area contributed by atoms with Gasteiger partial charge in [0.2, 0.25) is 5.91 Å². The molecule has 1 N–H and O–H groups in total. The summed E-state index contributed by atoms with van der Waals surface area (Å²) in [5.74, 6) is -1.31. The maximum Gasteiger partial charge on any atom is 0.236 e. The molecule has 0 aliphatic heterocycles. The average molecular weight is 488 g/mol. The Morgan fingerprint density at radius 3 is 2.88 bits per heavy atom. The molecule has 7 nitrogen and oxygen atoms in total. The predicted octanol–water partition coefficient (Wildman–Crippen LogP) is 5.22. The normalized spacial score (nSPS) is 12.0. The van der Waals surface area contributed by atoms with Crippen molar-refractivity contribution in [3.63, 3.8) is 0 Å². The number of amides is 1. The molecule has 170 valence electrons. The van der Waals surface area contributed by atoms with Crippen LogP contribution in [0.15, 0.2) is 60.3 Å². The zero-order chi connectivity index (χ0) is 23.4. The molecular formula is C22H19F2N5O2S2. The van der Waals surface area contributed by atoms with Gasteiger partial charge in [0.05, 0.1) is 16.0 Å². The van der Waals surface area contributed by atoms with Gasteiger partial charge in [0.1, 0.15) is 5.82 Å². The SMILES string of the molecule is C=CCn1c(SCC(=O)Nc2nc3ccccc3s2)nnc1C(C)Oc1ccc(F)cc1F. The van der Waals surface area contributed by atoms with E-state index in [0.717, 1.165) is 22.3 Å². The highest BCUT2D eigenvalue weighted by Crippen LogP contribution is 2.28. The lowest BCUT2D eigenvalue weighted by molar-refractivity contribution is -0.113. The second kappa shape index (κ2) is 10.1. The molecule has 1 unspecified atom stereocenters. The van der Waals surface area contributed by atoms with Crippen LogP contribution in [-0.4, -0.2) is 31.4 Å². The third-order valence-electron chi connectivity index (χ3n) is 4.49. The fourth-order valence-electron chi connectivity index (χ4n) is 3.03. The van der Waals surface area contributed by atoms with Crippen LogP contribution in [0.3, 0.4) is 0 Å². The van der Waals surface area contributed by atoms with Crippen molar-refractivity contribution in [2.45, 2.75) is 24.7 Å². The molecule has 1 amide bonds. The Labute approximate surface area is 196 Å². The van der Waals surface area contributed by atoms with Gasteiger partial charge in [0.25, 0.3) is 0 Å². The van der Waals surface area contributed by atoms with Crippen LogP contribution < -0.4 is 10.1 Å². The van der Waals surface area contributed by atoms with E-state index in [-0.39, 0.29) is 17.4 Å². The highest BCUT2D eigenvalue weighted by Gasteiger charge is 2.21. The molecule has 0 aliphatic carbocycles. The van der Waals surface area contributed by atoms with Crippen molar-refractivity contribution in [1.29, 1.82) is 0 Å². The van der Waals surface area contributed by atoms with E-state index in [4.69, 9.17) is 4.74 Å². The maximum absolute atomic E-state index is 14.0. The lowest BCUT2D eigenvalue weighted by atomic mass is 10.3. The first-order chi connectivity index (χ1) is 15.9. The van der Waals surface area contributed by atoms with Crippen LogP contribution in [0.25, 0.3) is 10.2 Å². The summed E-state index contributed by atoms with van der Waals surface area (Å²) in [5.41, 5.74) is 0.826. The van der Waals surface area contributed by atoms with Crippen molar-refractivity contribution < 1.29 is 18.3 Å². The summed E-state index contributed by atoms with van der Waals surface area (Å²) < 4.78 is 35.5. The second-order valence-electron chi connectivity index (χ2n) is 6.90. The number of ether oxygens (including phenoxy) is 1. The Kier molecular flexibility index (Phi) is 6.99. The van der Waals surface area contributed by atoms with Crippen LogP contribution >= 0.6 is 23.1 Å². The lowest BCUT2D eigenvalue weighted by Crippen LogP contribution is -2.15. The summed E-state index contributed by atoms with van der Waals surface area (Å²) in [6.45, 7) is 5.79. The number of allylic oxidation sites excluding steroid dienone is 1. The van der Waals surface area contributed by atoms with Crippen LogP contribution in [0.1, 0.15) is 18.9 Å². The lowest BCUT2D eigenvalue weighted by Gasteiger charge is -2.16. The van der Waals surface area contributed by atoms with E-state index in [1.54, 1.807) is 17.6 Å². The van der Waals surface area contributed by atoms with Gasteiger partial charge in [-0.1, -0.05) is 41.3 Å². The quantitative estimate of drug-likeness (QED) is 0.257. The van der Waals surface area contributed by atoms with E-state index < -0.39 is 17.7 Å². The molecule has 4 rings (SSSR count). The van der Waals surface area contributed by atoms with Gasteiger partial charge in [-0.05, 0) is 31.2 Å². The van der Waals surface area contributed by atoms with Crippen molar-refractivity contribution >= 4 is 44.4 Å². The van der Waals surface area contributed by atoms with Crippen LogP contribution in [0.2, 0.25) is 0 Å². The maximum atomic E-state index is 14.0. The molecule has 4 aromatic rings. The summed E-state index contributed by atoms with van der Waals surface area (Å²) in [4.78, 5) is 16.8. The van der Waals surface area contributed by atoms with Crippen molar-refractivity contribution in [3.05, 3.63) is 72.6 Å². The van der Waals surface area contributed by atoms with Gasteiger partial charge in [-0.3, -0.25) is 9.36 Å². The molecule has 11 heteroatoms. The number of thioether (sulfide) groups is 1. The molecule has 2 aromatic heterocycles. The molecule has 0 radical (unpaired) electrons. The molecule has 1 atom stereocenters. The zero-order valence-electron chi connectivity index (χ0n) is 17.5. The van der Waals surface area contributed by atoms with Gasteiger partial charge in [0.15, 0.2) is 33.8 Å². The number of aromatic nitrogens is 4. The summed E-state index contributed by atoms with van der Waals surface area (Å²) in [7, 11) is 0. The summed E-state index contributed by atoms with van der Waals surface area (Å²) in [5, 5.41) is 12.1. The molecule has 33 heavy (non-hydrogen) atoms. The number of thiazole rings is 1. The number of benzene rings is 2. The third kappa shape index (κ3) is 5.37. The minimum atomic E-state index is -0.808. The minimum absolute atomic E-state index is 0.0903. The van der Waals surface area contributed by atoms with Crippen molar-refractivity contribution in [3.8, 4) is 5.75 Å². The number of hydrogen-bond donors (Lipinski definition) is 1. The van der Waals surface area contributed by atoms with Gasteiger partial charge in [-0.2, -0.15) is 0 Å². The van der Waals surface area contributed by atoms with E-state index in [1.165, 1.54) is 29.2 Å². The van der Waals surface area contributed by atoms with Gasteiger partial charge in [0, 0.05) is 12.6 Å². The fourth-order valence-corrected chi connectivity index (χ4v) is 4.67. The number of carbonyl (C=O) groups is 1. The van der Waals surface area contributed by atoms with Crippen molar-refractivity contribution in [2.75, 3.05) is 11.1 Å². The molecule has 0 saturated heterocycles. The van der Waals surface area contributed by atoms with E-state index in [2.05, 4.69) is 27.1 Å².